The molecule has 1 saturated heterocycles. The fourth-order valence-electron chi connectivity index (χ4n) is 2.67. The third-order valence-corrected chi connectivity index (χ3v) is 4.33. The molecule has 1 heterocycles. The van der Waals surface area contributed by atoms with Crippen LogP contribution in [0.2, 0.25) is 0 Å². The largest absolute Gasteiger partial charge is 0.368 e. The lowest BCUT2D eigenvalue weighted by Gasteiger charge is -2.42. The molecule has 1 aliphatic rings. The highest BCUT2D eigenvalue weighted by molar-refractivity contribution is 5.84. The third-order valence-electron chi connectivity index (χ3n) is 4.33. The average molecular weight is 255 g/mol. The van der Waals surface area contributed by atoms with E-state index in [1.807, 2.05) is 6.92 Å². The van der Waals surface area contributed by atoms with Crippen molar-refractivity contribution in [1.82, 2.24) is 10.2 Å². The van der Waals surface area contributed by atoms with Crippen LogP contribution >= 0.6 is 0 Å². The number of piperidine rings is 1. The van der Waals surface area contributed by atoms with E-state index >= 15 is 0 Å². The topological polar surface area (TPSA) is 58.4 Å². The minimum atomic E-state index is -0.610. The van der Waals surface area contributed by atoms with Crippen molar-refractivity contribution in [2.24, 2.45) is 11.7 Å². The van der Waals surface area contributed by atoms with Gasteiger partial charge >= 0.3 is 0 Å². The van der Waals surface area contributed by atoms with Crippen molar-refractivity contribution in [3.05, 3.63) is 0 Å². The zero-order chi connectivity index (χ0) is 13.8. The summed E-state index contributed by atoms with van der Waals surface area (Å²) in [5.74, 6) is 0.448. The fourth-order valence-corrected chi connectivity index (χ4v) is 2.67. The molecule has 3 unspecified atom stereocenters. The van der Waals surface area contributed by atoms with E-state index in [-0.39, 0.29) is 5.91 Å². The van der Waals surface area contributed by atoms with Gasteiger partial charge in [0, 0.05) is 12.6 Å². The Hall–Kier alpha value is -0.610. The molecule has 4 heteroatoms. The Labute approximate surface area is 111 Å². The average Bonchev–Trinajstić information content (AvgIpc) is 2.32. The maximum absolute atomic E-state index is 11.7. The second-order valence-corrected chi connectivity index (χ2v) is 5.95. The van der Waals surface area contributed by atoms with Gasteiger partial charge in [0.15, 0.2) is 0 Å². The first-order valence-electron chi connectivity index (χ1n) is 7.19. The number of nitrogens with two attached hydrogens (primary N) is 1. The second kappa shape index (κ2) is 6.53. The monoisotopic (exact) mass is 255 g/mol. The van der Waals surface area contributed by atoms with E-state index in [4.69, 9.17) is 5.73 Å². The Balaban J connectivity index is 2.67. The van der Waals surface area contributed by atoms with Gasteiger partial charge in [-0.2, -0.15) is 0 Å². The van der Waals surface area contributed by atoms with Gasteiger partial charge in [0.25, 0.3) is 0 Å². The molecule has 0 aliphatic carbocycles. The van der Waals surface area contributed by atoms with Crippen LogP contribution in [0.4, 0.5) is 0 Å². The van der Waals surface area contributed by atoms with E-state index in [9.17, 15) is 4.79 Å². The van der Waals surface area contributed by atoms with Gasteiger partial charge in [-0.25, -0.2) is 0 Å². The van der Waals surface area contributed by atoms with Crippen LogP contribution in [0, 0.1) is 5.92 Å². The predicted molar refractivity (Wildman–Crippen MR) is 75.3 cm³/mol. The van der Waals surface area contributed by atoms with Crippen LogP contribution in [-0.2, 0) is 4.79 Å². The summed E-state index contributed by atoms with van der Waals surface area (Å²) in [5, 5.41) is 3.31. The smallest absolute Gasteiger partial charge is 0.238 e. The Morgan fingerprint density at radius 1 is 1.50 bits per heavy atom. The van der Waals surface area contributed by atoms with Crippen LogP contribution in [0.3, 0.4) is 0 Å². The van der Waals surface area contributed by atoms with Crippen molar-refractivity contribution in [2.45, 2.75) is 58.5 Å². The molecular formula is C14H29N3O. The van der Waals surface area contributed by atoms with Crippen LogP contribution < -0.4 is 11.1 Å². The summed E-state index contributed by atoms with van der Waals surface area (Å²) in [5.41, 5.74) is 4.97. The number of rotatable bonds is 6. The van der Waals surface area contributed by atoms with Gasteiger partial charge in [0.2, 0.25) is 5.91 Å². The summed E-state index contributed by atoms with van der Waals surface area (Å²) in [4.78, 5) is 14.1. The summed E-state index contributed by atoms with van der Waals surface area (Å²) in [6.45, 7) is 11.2. The Bertz CT molecular complexity index is 282. The number of hydrogen-bond donors (Lipinski definition) is 2. The number of carbonyl (C=O) groups is 1. The van der Waals surface area contributed by atoms with Gasteiger partial charge < -0.3 is 11.1 Å². The van der Waals surface area contributed by atoms with Gasteiger partial charge in [-0.15, -0.1) is 0 Å². The van der Waals surface area contributed by atoms with Crippen molar-refractivity contribution in [2.75, 3.05) is 19.6 Å². The van der Waals surface area contributed by atoms with Gasteiger partial charge in [0.05, 0.1) is 0 Å². The molecule has 0 radical (unpaired) electrons. The zero-order valence-electron chi connectivity index (χ0n) is 12.3. The second-order valence-electron chi connectivity index (χ2n) is 5.95. The summed E-state index contributed by atoms with van der Waals surface area (Å²) in [6, 6.07) is 0.529. The molecule has 4 nitrogen and oxygen atoms in total. The number of nitrogens with one attached hydrogen (secondary N) is 1. The highest BCUT2D eigenvalue weighted by atomic mass is 16.1. The summed E-state index contributed by atoms with van der Waals surface area (Å²) in [7, 11) is 0. The lowest BCUT2D eigenvalue weighted by molar-refractivity contribution is -0.125. The quantitative estimate of drug-likeness (QED) is 0.753. The number of primary amides is 1. The number of likely N-dealkylation sites (tertiary alicyclic amines) is 1. The summed E-state index contributed by atoms with van der Waals surface area (Å²) < 4.78 is 0. The van der Waals surface area contributed by atoms with Crippen molar-refractivity contribution in [3.8, 4) is 0 Å². The molecule has 0 aromatic rings. The predicted octanol–water partition coefficient (Wildman–Crippen LogP) is 1.35. The first-order chi connectivity index (χ1) is 8.40. The van der Waals surface area contributed by atoms with Crippen LogP contribution in [0.1, 0.15) is 47.0 Å². The molecule has 1 aliphatic heterocycles. The van der Waals surface area contributed by atoms with Gasteiger partial charge in [-0.1, -0.05) is 13.8 Å². The van der Waals surface area contributed by atoms with Crippen LogP contribution in [0.15, 0.2) is 0 Å². The third kappa shape index (κ3) is 3.69. The van der Waals surface area contributed by atoms with E-state index in [0.29, 0.717) is 18.5 Å². The first-order valence-corrected chi connectivity index (χ1v) is 7.19. The van der Waals surface area contributed by atoms with E-state index in [0.717, 1.165) is 19.5 Å². The SMILES string of the molecule is CCCNC(C)(CN1CCCC(C)C1C)C(N)=O. The number of hydrogen-bond acceptors (Lipinski definition) is 3. The van der Waals surface area contributed by atoms with E-state index in [1.54, 1.807) is 0 Å². The van der Waals surface area contributed by atoms with Crippen molar-refractivity contribution < 1.29 is 4.79 Å². The molecule has 0 saturated carbocycles. The first kappa shape index (κ1) is 15.4. The highest BCUT2D eigenvalue weighted by Gasteiger charge is 2.36. The highest BCUT2D eigenvalue weighted by Crippen LogP contribution is 2.24. The fraction of sp³-hybridized carbons (Fsp3) is 0.929. The molecule has 0 aromatic heterocycles. The van der Waals surface area contributed by atoms with Gasteiger partial charge in [-0.3, -0.25) is 9.69 Å². The lowest BCUT2D eigenvalue weighted by atomic mass is 9.89. The number of amides is 1. The molecule has 0 spiro atoms. The molecule has 106 valence electrons. The minimum Gasteiger partial charge on any atom is -0.368 e. The maximum Gasteiger partial charge on any atom is 0.238 e. The van der Waals surface area contributed by atoms with Crippen LogP contribution in [0.25, 0.3) is 0 Å². The van der Waals surface area contributed by atoms with Crippen LogP contribution in [-0.4, -0.2) is 42.0 Å². The molecule has 0 bridgehead atoms. The Kier molecular flexibility index (Phi) is 5.60. The van der Waals surface area contributed by atoms with Crippen molar-refractivity contribution in [3.63, 3.8) is 0 Å². The van der Waals surface area contributed by atoms with Gasteiger partial charge in [-0.05, 0) is 52.1 Å². The molecule has 3 atom stereocenters. The Morgan fingerprint density at radius 3 is 2.72 bits per heavy atom. The summed E-state index contributed by atoms with van der Waals surface area (Å²) in [6.07, 6.45) is 3.51. The minimum absolute atomic E-state index is 0.249. The van der Waals surface area contributed by atoms with E-state index in [2.05, 4.69) is 31.0 Å². The maximum atomic E-state index is 11.7. The summed E-state index contributed by atoms with van der Waals surface area (Å²) >= 11 is 0. The number of carbonyl (C=O) groups excluding carboxylic acids is 1. The number of nitrogens with zero attached hydrogens (tertiary/aromatic N) is 1. The van der Waals surface area contributed by atoms with Crippen molar-refractivity contribution >= 4 is 5.91 Å². The zero-order valence-corrected chi connectivity index (χ0v) is 12.3. The molecule has 0 aromatic carbocycles. The van der Waals surface area contributed by atoms with Crippen LogP contribution in [0.5, 0.6) is 0 Å². The normalized spacial score (nSPS) is 28.9. The standard InChI is InChI=1S/C14H29N3O/c1-5-8-16-14(4,13(15)18)10-17-9-6-7-11(2)12(17)3/h11-12,16H,5-10H2,1-4H3,(H2,15,18). The van der Waals surface area contributed by atoms with E-state index < -0.39 is 5.54 Å². The molecule has 18 heavy (non-hydrogen) atoms. The van der Waals surface area contributed by atoms with Crippen molar-refractivity contribution in [1.29, 1.82) is 0 Å². The Morgan fingerprint density at radius 2 is 2.17 bits per heavy atom. The van der Waals surface area contributed by atoms with E-state index in [1.165, 1.54) is 12.8 Å². The molecule has 3 N–H and O–H groups in total. The molecule has 1 fully saturated rings. The molecular weight excluding hydrogens is 226 g/mol. The molecule has 1 amide bonds. The van der Waals surface area contributed by atoms with Gasteiger partial charge in [0.1, 0.15) is 5.54 Å². The molecule has 1 rings (SSSR count). The lowest BCUT2D eigenvalue weighted by Crippen LogP contribution is -2.62.